The van der Waals surface area contributed by atoms with Crippen LogP contribution in [0.1, 0.15) is 16.7 Å². The Bertz CT molecular complexity index is 1410. The van der Waals surface area contributed by atoms with Gasteiger partial charge in [-0.15, -0.1) is 0 Å². The SMILES string of the molecule is Cc1c(Oc2ncc(C(F)(F)F)c(C)c2-c2cc(Cl)c3c(Cl)cccc3n2)ccc(F)c1F. The molecule has 0 aliphatic heterocycles. The second kappa shape index (κ2) is 8.43. The van der Waals surface area contributed by atoms with Gasteiger partial charge in [-0.1, -0.05) is 29.3 Å². The first-order chi connectivity index (χ1) is 15.5. The lowest BCUT2D eigenvalue weighted by Crippen LogP contribution is -2.10. The van der Waals surface area contributed by atoms with Gasteiger partial charge in [-0.2, -0.15) is 13.2 Å². The first kappa shape index (κ1) is 23.2. The fourth-order valence-electron chi connectivity index (χ4n) is 3.42. The highest BCUT2D eigenvalue weighted by Gasteiger charge is 2.35. The van der Waals surface area contributed by atoms with Crippen LogP contribution in [0.15, 0.2) is 42.6 Å². The van der Waals surface area contributed by atoms with Gasteiger partial charge < -0.3 is 4.74 Å². The average Bonchev–Trinajstić information content (AvgIpc) is 2.73. The summed E-state index contributed by atoms with van der Waals surface area (Å²) < 4.78 is 74.0. The number of nitrogens with zero attached hydrogens (tertiary/aromatic N) is 2. The van der Waals surface area contributed by atoms with Crippen LogP contribution in [-0.4, -0.2) is 9.97 Å². The standard InChI is InChI=1S/C23H13Cl2F5N2O/c1-10-12(23(28,29)30)9-31-22(33-18-7-6-15(26)21(27)11(18)2)19(10)17-8-14(25)20-13(24)4-3-5-16(20)32-17/h3-9H,1-2H3. The molecule has 10 heteroatoms. The molecule has 4 rings (SSSR count). The zero-order valence-corrected chi connectivity index (χ0v) is 18.5. The van der Waals surface area contributed by atoms with Crippen molar-refractivity contribution in [3.8, 4) is 22.9 Å². The molecule has 0 atom stereocenters. The number of aromatic nitrogens is 2. The van der Waals surface area contributed by atoms with Crippen LogP contribution in [0.25, 0.3) is 22.2 Å². The molecular formula is C23H13Cl2F5N2O. The first-order valence-electron chi connectivity index (χ1n) is 9.43. The Labute approximate surface area is 194 Å². The molecule has 0 aliphatic rings. The second-order valence-electron chi connectivity index (χ2n) is 7.18. The monoisotopic (exact) mass is 498 g/mol. The van der Waals surface area contributed by atoms with Crippen molar-refractivity contribution in [2.45, 2.75) is 20.0 Å². The lowest BCUT2D eigenvalue weighted by molar-refractivity contribution is -0.138. The summed E-state index contributed by atoms with van der Waals surface area (Å²) >= 11 is 12.6. The smallest absolute Gasteiger partial charge is 0.418 e. The predicted octanol–water partition coefficient (Wildman–Crippen LogP) is 8.31. The molecule has 2 heterocycles. The van der Waals surface area contributed by atoms with Gasteiger partial charge >= 0.3 is 6.18 Å². The van der Waals surface area contributed by atoms with Gasteiger partial charge in [0.1, 0.15) is 5.75 Å². The quantitative estimate of drug-likeness (QED) is 0.266. The van der Waals surface area contributed by atoms with Crippen molar-refractivity contribution in [2.75, 3.05) is 0 Å². The Kier molecular flexibility index (Phi) is 5.92. The van der Waals surface area contributed by atoms with Crippen LogP contribution in [0.5, 0.6) is 11.6 Å². The summed E-state index contributed by atoms with van der Waals surface area (Å²) in [7, 11) is 0. The molecule has 0 radical (unpaired) electrons. The zero-order valence-electron chi connectivity index (χ0n) is 17.0. The minimum absolute atomic E-state index is 0.0427. The molecule has 0 fully saturated rings. The number of benzene rings is 2. The highest BCUT2D eigenvalue weighted by atomic mass is 35.5. The van der Waals surface area contributed by atoms with Crippen LogP contribution < -0.4 is 4.74 Å². The summed E-state index contributed by atoms with van der Waals surface area (Å²) in [6, 6.07) is 8.19. The molecule has 0 unspecified atom stereocenters. The Balaban J connectivity index is 1.98. The third-order valence-electron chi connectivity index (χ3n) is 5.10. The maximum atomic E-state index is 14.0. The molecule has 0 spiro atoms. The van der Waals surface area contributed by atoms with Gasteiger partial charge in [0.2, 0.25) is 5.88 Å². The Morgan fingerprint density at radius 2 is 1.67 bits per heavy atom. The van der Waals surface area contributed by atoms with Crippen LogP contribution in [0.3, 0.4) is 0 Å². The van der Waals surface area contributed by atoms with Crippen molar-refractivity contribution in [1.82, 2.24) is 9.97 Å². The molecule has 0 aliphatic carbocycles. The summed E-state index contributed by atoms with van der Waals surface area (Å²) in [6.45, 7) is 2.51. The topological polar surface area (TPSA) is 35.0 Å². The summed E-state index contributed by atoms with van der Waals surface area (Å²) in [5.74, 6) is -2.62. The van der Waals surface area contributed by atoms with E-state index in [0.29, 0.717) is 22.1 Å². The third-order valence-corrected chi connectivity index (χ3v) is 5.71. The van der Waals surface area contributed by atoms with E-state index in [0.717, 1.165) is 12.1 Å². The lowest BCUT2D eigenvalue weighted by atomic mass is 10.0. The summed E-state index contributed by atoms with van der Waals surface area (Å²) in [5, 5.41) is 0.915. The van der Waals surface area contributed by atoms with Crippen LogP contribution in [0, 0.1) is 25.5 Å². The molecule has 4 aromatic rings. The maximum absolute atomic E-state index is 14.0. The number of alkyl halides is 3. The second-order valence-corrected chi connectivity index (χ2v) is 8.00. The summed E-state index contributed by atoms with van der Waals surface area (Å²) in [5.41, 5.74) is -1.11. The van der Waals surface area contributed by atoms with Gasteiger partial charge in [0.05, 0.1) is 32.4 Å². The van der Waals surface area contributed by atoms with Crippen molar-refractivity contribution >= 4 is 34.1 Å². The number of hydrogen-bond acceptors (Lipinski definition) is 3. The molecule has 0 N–H and O–H groups in total. The van der Waals surface area contributed by atoms with Gasteiger partial charge in [-0.05, 0) is 49.7 Å². The normalized spacial score (nSPS) is 11.8. The fraction of sp³-hybridized carbons (Fsp3) is 0.130. The summed E-state index contributed by atoms with van der Waals surface area (Å²) in [4.78, 5) is 8.25. The number of fused-ring (bicyclic) bond motifs is 1. The fourth-order valence-corrected chi connectivity index (χ4v) is 4.04. The van der Waals surface area contributed by atoms with E-state index in [2.05, 4.69) is 9.97 Å². The Morgan fingerprint density at radius 1 is 0.939 bits per heavy atom. The van der Waals surface area contributed by atoms with Crippen LogP contribution in [0.2, 0.25) is 10.0 Å². The number of rotatable bonds is 3. The number of pyridine rings is 2. The van der Waals surface area contributed by atoms with Gasteiger partial charge in [0.25, 0.3) is 0 Å². The van der Waals surface area contributed by atoms with Crippen LogP contribution in [-0.2, 0) is 6.18 Å². The first-order valence-corrected chi connectivity index (χ1v) is 10.2. The molecular weight excluding hydrogens is 486 g/mol. The van der Waals surface area contributed by atoms with Gasteiger partial charge in [0.15, 0.2) is 11.6 Å². The Hall–Kier alpha value is -2.97. The van der Waals surface area contributed by atoms with E-state index in [9.17, 15) is 22.0 Å². The van der Waals surface area contributed by atoms with Crippen molar-refractivity contribution in [2.24, 2.45) is 0 Å². The molecule has 170 valence electrons. The van der Waals surface area contributed by atoms with E-state index < -0.39 is 23.4 Å². The average molecular weight is 499 g/mol. The van der Waals surface area contributed by atoms with Gasteiger partial charge in [-0.25, -0.2) is 18.7 Å². The van der Waals surface area contributed by atoms with E-state index in [1.807, 2.05) is 0 Å². The predicted molar refractivity (Wildman–Crippen MR) is 116 cm³/mol. The molecule has 0 saturated carbocycles. The summed E-state index contributed by atoms with van der Waals surface area (Å²) in [6.07, 6.45) is -4.09. The van der Waals surface area contributed by atoms with Crippen LogP contribution in [0.4, 0.5) is 22.0 Å². The largest absolute Gasteiger partial charge is 0.438 e. The molecule has 33 heavy (non-hydrogen) atoms. The van der Waals surface area contributed by atoms with E-state index in [4.69, 9.17) is 27.9 Å². The highest BCUT2D eigenvalue weighted by Crippen LogP contribution is 2.43. The van der Waals surface area contributed by atoms with Gasteiger partial charge in [0, 0.05) is 17.1 Å². The van der Waals surface area contributed by atoms with E-state index >= 15 is 0 Å². The van der Waals surface area contributed by atoms with E-state index in [1.54, 1.807) is 18.2 Å². The molecule has 2 aromatic heterocycles. The number of ether oxygens (including phenoxy) is 1. The zero-order chi connectivity index (χ0) is 24.1. The minimum Gasteiger partial charge on any atom is -0.438 e. The maximum Gasteiger partial charge on any atom is 0.418 e. The van der Waals surface area contributed by atoms with Crippen LogP contribution >= 0.6 is 23.2 Å². The highest BCUT2D eigenvalue weighted by molar-refractivity contribution is 6.42. The minimum atomic E-state index is -4.70. The molecule has 0 bridgehead atoms. The number of hydrogen-bond donors (Lipinski definition) is 0. The van der Waals surface area contributed by atoms with Crippen molar-refractivity contribution in [3.63, 3.8) is 0 Å². The van der Waals surface area contributed by atoms with Crippen molar-refractivity contribution in [1.29, 1.82) is 0 Å². The van der Waals surface area contributed by atoms with Crippen molar-refractivity contribution in [3.05, 3.63) is 81.0 Å². The van der Waals surface area contributed by atoms with Crippen molar-refractivity contribution < 1.29 is 26.7 Å². The number of halogens is 7. The van der Waals surface area contributed by atoms with Gasteiger partial charge in [-0.3, -0.25) is 0 Å². The van der Waals surface area contributed by atoms with E-state index in [1.165, 1.54) is 19.9 Å². The third kappa shape index (κ3) is 4.20. The lowest BCUT2D eigenvalue weighted by Gasteiger charge is -2.18. The molecule has 3 nitrogen and oxygen atoms in total. The molecule has 0 amide bonds. The molecule has 0 saturated heterocycles. The molecule has 2 aromatic carbocycles. The Morgan fingerprint density at radius 3 is 2.36 bits per heavy atom. The van der Waals surface area contributed by atoms with E-state index in [-0.39, 0.29) is 39.0 Å².